The van der Waals surface area contributed by atoms with E-state index < -0.39 is 20.2 Å². The molecule has 1 spiro atoms. The molecule has 0 bridgehead atoms. The lowest BCUT2D eigenvalue weighted by molar-refractivity contribution is -0.128. The van der Waals surface area contributed by atoms with Gasteiger partial charge >= 0.3 is 0 Å². The van der Waals surface area contributed by atoms with E-state index in [0.717, 1.165) is 48.3 Å². The van der Waals surface area contributed by atoms with E-state index in [-0.39, 0.29) is 23.6 Å². The topological polar surface area (TPSA) is 127 Å². The number of aromatic amines is 1. The number of aromatic nitrogens is 1. The molecule has 1 aromatic carbocycles. The predicted molar refractivity (Wildman–Crippen MR) is 137 cm³/mol. The second-order valence-corrected chi connectivity index (χ2v) is 15.2. The molecule has 10 heteroatoms. The van der Waals surface area contributed by atoms with Crippen molar-refractivity contribution in [1.82, 2.24) is 20.5 Å². The highest BCUT2D eigenvalue weighted by molar-refractivity contribution is 6.82. The number of piperidine rings is 1. The zero-order chi connectivity index (χ0) is 25.3. The number of fused-ring (bicyclic) bond motifs is 1. The zero-order valence-electron chi connectivity index (χ0n) is 20.6. The van der Waals surface area contributed by atoms with Gasteiger partial charge in [0.25, 0.3) is 5.91 Å². The lowest BCUT2D eigenvalue weighted by Crippen LogP contribution is -2.49. The molecule has 2 aromatic rings. The van der Waals surface area contributed by atoms with Crippen molar-refractivity contribution in [3.8, 4) is 11.8 Å². The predicted octanol–water partition coefficient (Wildman–Crippen LogP) is 2.71. The molecule has 3 saturated heterocycles. The number of methoxy groups -OCH3 is 1. The monoisotopic (exact) mass is 507 g/mol. The molecule has 1 aromatic heterocycles. The number of carbonyl (C=O) groups is 3. The average Bonchev–Trinajstić information content (AvgIpc) is 3.63. The maximum absolute atomic E-state index is 13.8. The van der Waals surface area contributed by atoms with E-state index >= 15 is 0 Å². The van der Waals surface area contributed by atoms with Gasteiger partial charge in [0.2, 0.25) is 11.8 Å². The van der Waals surface area contributed by atoms with Crippen molar-refractivity contribution in [2.24, 2.45) is 5.92 Å². The first-order valence-electron chi connectivity index (χ1n) is 12.9. The molecule has 3 N–H and O–H groups in total. The van der Waals surface area contributed by atoms with Crippen molar-refractivity contribution in [3.63, 3.8) is 0 Å². The molecule has 3 aliphatic rings. The van der Waals surface area contributed by atoms with Crippen LogP contribution in [-0.2, 0) is 9.59 Å². The highest BCUT2D eigenvalue weighted by atomic mass is 28.3. The molecule has 3 aliphatic heterocycles. The maximum Gasteiger partial charge on any atom is 0.270 e. The summed E-state index contributed by atoms with van der Waals surface area (Å²) in [6.45, 7) is 0.657. The summed E-state index contributed by atoms with van der Waals surface area (Å²) in [5.74, 6) is -0.119. The van der Waals surface area contributed by atoms with E-state index in [2.05, 4.69) is 21.7 Å². The fraction of sp³-hybridized carbons (Fsp3) is 0.538. The van der Waals surface area contributed by atoms with Gasteiger partial charge in [0, 0.05) is 29.5 Å². The number of hydrogen-bond acceptors (Lipinski definition) is 5. The Morgan fingerprint density at radius 3 is 2.83 bits per heavy atom. The highest BCUT2D eigenvalue weighted by Gasteiger charge is 2.51. The molecular weight excluding hydrogens is 474 g/mol. The molecule has 0 radical (unpaired) electrons. The van der Waals surface area contributed by atoms with Gasteiger partial charge in [-0.05, 0) is 43.5 Å². The van der Waals surface area contributed by atoms with Crippen molar-refractivity contribution >= 4 is 36.7 Å². The molecule has 4 heterocycles. The summed E-state index contributed by atoms with van der Waals surface area (Å²) >= 11 is 0. The van der Waals surface area contributed by atoms with Gasteiger partial charge in [0.05, 0.1) is 21.3 Å². The van der Waals surface area contributed by atoms with E-state index in [1.165, 1.54) is 0 Å². The van der Waals surface area contributed by atoms with Crippen LogP contribution in [0.5, 0.6) is 5.75 Å². The third-order valence-electron chi connectivity index (χ3n) is 8.20. The lowest BCUT2D eigenvalue weighted by Gasteiger charge is -2.27. The summed E-state index contributed by atoms with van der Waals surface area (Å²) in [7, 11) is -0.167. The van der Waals surface area contributed by atoms with Crippen LogP contribution in [0.2, 0.25) is 18.1 Å². The number of hydrogen-bond donors (Lipinski definition) is 3. The van der Waals surface area contributed by atoms with Gasteiger partial charge in [0.15, 0.2) is 0 Å². The SMILES string of the molecule is COc1cccc2[nH]c(C(=O)N3C[Si]4(CCCC4)CC3C(=O)NC(C#N)CC3CCCNC3=O)cc12. The standard InChI is InChI=1S/C26H33N5O4Si/c1-35-23-8-4-7-20-19(23)13-21(30-20)26(34)31-16-36(10-2-3-11-36)15-22(31)25(33)29-18(14-27)12-17-6-5-9-28-24(17)32/h4,7-8,13,17-18,22,30H,2-3,5-6,9-12,15-16H2,1H3,(H,28,32)(H,29,33). The number of H-pyrrole nitrogens is 1. The van der Waals surface area contributed by atoms with Gasteiger partial charge in [-0.1, -0.05) is 31.0 Å². The zero-order valence-corrected chi connectivity index (χ0v) is 21.6. The molecule has 3 fully saturated rings. The van der Waals surface area contributed by atoms with Crippen molar-refractivity contribution in [2.75, 3.05) is 19.8 Å². The van der Waals surface area contributed by atoms with Gasteiger partial charge in [-0.15, -0.1) is 0 Å². The van der Waals surface area contributed by atoms with Crippen LogP contribution in [0.15, 0.2) is 24.3 Å². The number of nitrogens with zero attached hydrogens (tertiary/aromatic N) is 2. The summed E-state index contributed by atoms with van der Waals surface area (Å²) in [5.41, 5.74) is 1.24. The number of nitrogens with one attached hydrogen (secondary N) is 3. The van der Waals surface area contributed by atoms with E-state index in [9.17, 15) is 19.6 Å². The molecule has 5 rings (SSSR count). The Kier molecular flexibility index (Phi) is 6.75. The number of nitriles is 1. The quantitative estimate of drug-likeness (QED) is 0.518. The van der Waals surface area contributed by atoms with E-state index in [1.54, 1.807) is 18.1 Å². The number of rotatable bonds is 6. The smallest absolute Gasteiger partial charge is 0.270 e. The number of carbonyl (C=O) groups excluding carboxylic acids is 3. The van der Waals surface area contributed by atoms with E-state index in [1.807, 2.05) is 18.2 Å². The van der Waals surface area contributed by atoms with Crippen LogP contribution in [0.25, 0.3) is 10.9 Å². The van der Waals surface area contributed by atoms with Crippen LogP contribution < -0.4 is 15.4 Å². The second-order valence-electron chi connectivity index (χ2n) is 10.5. The van der Waals surface area contributed by atoms with Crippen molar-refractivity contribution < 1.29 is 19.1 Å². The summed E-state index contributed by atoms with van der Waals surface area (Å²) in [6.07, 6.45) is 4.86. The molecule has 3 unspecified atom stereocenters. The first-order chi connectivity index (χ1) is 17.4. The first-order valence-corrected chi connectivity index (χ1v) is 15.7. The third-order valence-corrected chi connectivity index (χ3v) is 13.3. The van der Waals surface area contributed by atoms with Gasteiger partial charge in [-0.2, -0.15) is 5.26 Å². The number of amides is 3. The van der Waals surface area contributed by atoms with Crippen LogP contribution in [0.1, 0.15) is 42.6 Å². The molecular formula is C26H33N5O4Si. The maximum atomic E-state index is 13.8. The Morgan fingerprint density at radius 1 is 1.31 bits per heavy atom. The van der Waals surface area contributed by atoms with Gasteiger partial charge in [-0.25, -0.2) is 0 Å². The van der Waals surface area contributed by atoms with Crippen molar-refractivity contribution in [3.05, 3.63) is 30.0 Å². The molecule has 0 aliphatic carbocycles. The Morgan fingerprint density at radius 2 is 2.11 bits per heavy atom. The Balaban J connectivity index is 1.37. The second kappa shape index (κ2) is 9.97. The average molecular weight is 508 g/mol. The van der Waals surface area contributed by atoms with Crippen LogP contribution >= 0.6 is 0 Å². The van der Waals surface area contributed by atoms with Gasteiger partial charge in [-0.3, -0.25) is 14.4 Å². The Bertz CT molecular complexity index is 1210. The van der Waals surface area contributed by atoms with Crippen LogP contribution in [0.4, 0.5) is 0 Å². The largest absolute Gasteiger partial charge is 0.496 e. The van der Waals surface area contributed by atoms with Gasteiger partial charge < -0.3 is 25.3 Å². The van der Waals surface area contributed by atoms with Crippen molar-refractivity contribution in [2.45, 2.75) is 62.3 Å². The van der Waals surface area contributed by atoms with E-state index in [4.69, 9.17) is 4.74 Å². The van der Waals surface area contributed by atoms with Crippen LogP contribution in [0, 0.1) is 17.2 Å². The summed E-state index contributed by atoms with van der Waals surface area (Å²) in [6, 6.07) is 11.2. The van der Waals surface area contributed by atoms with Crippen LogP contribution in [0.3, 0.4) is 0 Å². The fourth-order valence-electron chi connectivity index (χ4n) is 6.32. The molecule has 3 atom stereocenters. The highest BCUT2D eigenvalue weighted by Crippen LogP contribution is 2.41. The van der Waals surface area contributed by atoms with E-state index in [0.29, 0.717) is 37.0 Å². The minimum absolute atomic E-state index is 0.0556. The molecule has 190 valence electrons. The Labute approximate surface area is 211 Å². The minimum atomic E-state index is -1.77. The number of benzene rings is 1. The molecule has 3 amide bonds. The first kappa shape index (κ1) is 24.4. The number of ether oxygens (including phenoxy) is 1. The summed E-state index contributed by atoms with van der Waals surface area (Å²) < 4.78 is 5.45. The minimum Gasteiger partial charge on any atom is -0.496 e. The summed E-state index contributed by atoms with van der Waals surface area (Å²) in [5, 5.41) is 16.3. The molecule has 0 saturated carbocycles. The Hall–Kier alpha value is -3.32. The van der Waals surface area contributed by atoms with Gasteiger partial charge in [0.1, 0.15) is 23.5 Å². The molecule has 36 heavy (non-hydrogen) atoms. The fourth-order valence-corrected chi connectivity index (χ4v) is 11.7. The normalized spacial score (nSPS) is 23.9. The third kappa shape index (κ3) is 4.60. The lowest BCUT2D eigenvalue weighted by atomic mass is 9.92. The van der Waals surface area contributed by atoms with Crippen molar-refractivity contribution in [1.29, 1.82) is 5.26 Å². The summed E-state index contributed by atoms with van der Waals surface area (Å²) in [4.78, 5) is 44.4. The van der Waals surface area contributed by atoms with Crippen LogP contribution in [-0.4, -0.2) is 67.6 Å². The molecule has 9 nitrogen and oxygen atoms in total.